The number of thiazole rings is 1. The molecule has 0 bridgehead atoms. The zero-order valence-electron chi connectivity index (χ0n) is 12.6. The number of benzene rings is 2. The highest BCUT2D eigenvalue weighted by Gasteiger charge is 2.10. The van der Waals surface area contributed by atoms with Crippen molar-refractivity contribution in [3.05, 3.63) is 59.1 Å². The molecular formula is C16H15N3O3S2. The van der Waals surface area contributed by atoms with Gasteiger partial charge < -0.3 is 5.32 Å². The zero-order valence-corrected chi connectivity index (χ0v) is 14.2. The highest BCUT2D eigenvalue weighted by atomic mass is 32.2. The van der Waals surface area contributed by atoms with Crippen molar-refractivity contribution in [3.8, 4) is 0 Å². The molecule has 124 valence electrons. The first-order valence-corrected chi connectivity index (χ1v) is 9.55. The Kier molecular flexibility index (Phi) is 4.61. The second kappa shape index (κ2) is 6.68. The fraction of sp³-hybridized carbons (Fsp3) is 0.125. The summed E-state index contributed by atoms with van der Waals surface area (Å²) < 4.78 is 23.5. The molecule has 8 heteroatoms. The van der Waals surface area contributed by atoms with Crippen LogP contribution in [0.4, 0.5) is 0 Å². The van der Waals surface area contributed by atoms with Crippen molar-refractivity contribution in [2.45, 2.75) is 11.3 Å². The van der Waals surface area contributed by atoms with Gasteiger partial charge in [0.1, 0.15) is 0 Å². The Balaban J connectivity index is 1.59. The lowest BCUT2D eigenvalue weighted by Gasteiger charge is -2.05. The van der Waals surface area contributed by atoms with E-state index in [1.807, 2.05) is 24.3 Å². The van der Waals surface area contributed by atoms with Gasteiger partial charge in [0.2, 0.25) is 10.0 Å². The topological polar surface area (TPSA) is 102 Å². The Morgan fingerprint density at radius 3 is 2.50 bits per heavy atom. The van der Waals surface area contributed by atoms with Crippen LogP contribution in [0, 0.1) is 0 Å². The van der Waals surface area contributed by atoms with E-state index in [0.29, 0.717) is 18.5 Å². The summed E-state index contributed by atoms with van der Waals surface area (Å²) in [6.45, 7) is 0.454. The fourth-order valence-electron chi connectivity index (χ4n) is 2.21. The lowest BCUT2D eigenvalue weighted by Crippen LogP contribution is -2.25. The fourth-order valence-corrected chi connectivity index (χ4v) is 3.69. The third-order valence-electron chi connectivity index (χ3n) is 3.41. The van der Waals surface area contributed by atoms with Gasteiger partial charge in [0.25, 0.3) is 5.91 Å². The molecule has 0 fully saturated rings. The van der Waals surface area contributed by atoms with Crippen LogP contribution in [0.5, 0.6) is 0 Å². The predicted molar refractivity (Wildman–Crippen MR) is 93.5 cm³/mol. The van der Waals surface area contributed by atoms with E-state index in [9.17, 15) is 13.2 Å². The van der Waals surface area contributed by atoms with Gasteiger partial charge >= 0.3 is 0 Å². The van der Waals surface area contributed by atoms with E-state index in [-0.39, 0.29) is 10.8 Å². The molecule has 0 radical (unpaired) electrons. The third kappa shape index (κ3) is 3.78. The largest absolute Gasteiger partial charge is 0.352 e. The molecule has 0 aliphatic heterocycles. The van der Waals surface area contributed by atoms with Crippen LogP contribution in [0.15, 0.2) is 53.4 Å². The van der Waals surface area contributed by atoms with Crippen molar-refractivity contribution >= 4 is 37.5 Å². The number of nitrogens with one attached hydrogen (secondary N) is 1. The second-order valence-electron chi connectivity index (χ2n) is 5.15. The summed E-state index contributed by atoms with van der Waals surface area (Å²) in [6, 6.07) is 13.4. The number of hydrogen-bond acceptors (Lipinski definition) is 5. The van der Waals surface area contributed by atoms with E-state index in [1.165, 1.54) is 24.3 Å². The van der Waals surface area contributed by atoms with Gasteiger partial charge in [-0.05, 0) is 36.4 Å². The monoisotopic (exact) mass is 361 g/mol. The number of rotatable bonds is 5. The number of carbonyl (C=O) groups excluding carboxylic acids is 1. The van der Waals surface area contributed by atoms with Crippen LogP contribution >= 0.6 is 11.3 Å². The lowest BCUT2D eigenvalue weighted by molar-refractivity contribution is 0.0954. The van der Waals surface area contributed by atoms with Crippen molar-refractivity contribution in [1.29, 1.82) is 0 Å². The minimum atomic E-state index is -3.75. The maximum Gasteiger partial charge on any atom is 0.251 e. The second-order valence-corrected chi connectivity index (χ2v) is 7.83. The first-order chi connectivity index (χ1) is 11.4. The average molecular weight is 361 g/mol. The van der Waals surface area contributed by atoms with E-state index < -0.39 is 10.0 Å². The smallest absolute Gasteiger partial charge is 0.251 e. The van der Waals surface area contributed by atoms with Gasteiger partial charge in [-0.3, -0.25) is 4.79 Å². The summed E-state index contributed by atoms with van der Waals surface area (Å²) in [6.07, 6.45) is 0.639. The zero-order chi connectivity index (χ0) is 17.2. The molecule has 3 rings (SSSR count). The van der Waals surface area contributed by atoms with Gasteiger partial charge in [0, 0.05) is 18.5 Å². The maximum atomic E-state index is 12.1. The van der Waals surface area contributed by atoms with Crippen LogP contribution in [-0.2, 0) is 16.4 Å². The van der Waals surface area contributed by atoms with E-state index in [0.717, 1.165) is 15.2 Å². The molecule has 6 nitrogen and oxygen atoms in total. The highest BCUT2D eigenvalue weighted by Crippen LogP contribution is 2.21. The van der Waals surface area contributed by atoms with Gasteiger partial charge in [-0.2, -0.15) is 0 Å². The molecule has 0 atom stereocenters. The molecule has 3 aromatic rings. The van der Waals surface area contributed by atoms with Crippen molar-refractivity contribution < 1.29 is 13.2 Å². The van der Waals surface area contributed by atoms with Crippen molar-refractivity contribution in [1.82, 2.24) is 10.3 Å². The number of aromatic nitrogens is 1. The van der Waals surface area contributed by atoms with E-state index >= 15 is 0 Å². The average Bonchev–Trinajstić information content (AvgIpc) is 2.96. The molecule has 0 spiro atoms. The van der Waals surface area contributed by atoms with Crippen molar-refractivity contribution in [2.24, 2.45) is 5.14 Å². The Morgan fingerprint density at radius 2 is 1.83 bits per heavy atom. The van der Waals surface area contributed by atoms with E-state index in [2.05, 4.69) is 10.3 Å². The molecule has 0 aliphatic rings. The Hall–Kier alpha value is -2.29. The lowest BCUT2D eigenvalue weighted by atomic mass is 10.2. The van der Waals surface area contributed by atoms with Gasteiger partial charge in [-0.1, -0.05) is 12.1 Å². The van der Waals surface area contributed by atoms with Crippen molar-refractivity contribution in [3.63, 3.8) is 0 Å². The number of carbonyl (C=O) groups is 1. The number of hydrogen-bond donors (Lipinski definition) is 2. The van der Waals surface area contributed by atoms with Crippen LogP contribution in [0.2, 0.25) is 0 Å². The summed E-state index contributed by atoms with van der Waals surface area (Å²) in [5, 5.41) is 8.78. The van der Waals surface area contributed by atoms with Crippen LogP contribution in [-0.4, -0.2) is 25.9 Å². The molecule has 24 heavy (non-hydrogen) atoms. The summed E-state index contributed by atoms with van der Waals surface area (Å²) >= 11 is 1.61. The number of nitrogens with zero attached hydrogens (tertiary/aromatic N) is 1. The summed E-state index contributed by atoms with van der Waals surface area (Å²) in [4.78, 5) is 16.5. The molecule has 0 unspecified atom stereocenters. The van der Waals surface area contributed by atoms with Crippen LogP contribution in [0.25, 0.3) is 10.2 Å². The number of primary sulfonamides is 1. The van der Waals surface area contributed by atoms with Crippen molar-refractivity contribution in [2.75, 3.05) is 6.54 Å². The molecule has 1 heterocycles. The Bertz CT molecular complexity index is 946. The van der Waals surface area contributed by atoms with Crippen LogP contribution < -0.4 is 10.5 Å². The summed E-state index contributed by atoms with van der Waals surface area (Å²) in [5.41, 5.74) is 1.34. The predicted octanol–water partition coefficient (Wildman–Crippen LogP) is 1.92. The minimum Gasteiger partial charge on any atom is -0.352 e. The Labute approximate surface area is 143 Å². The number of sulfonamides is 1. The SMILES string of the molecule is NS(=O)(=O)c1ccc(C(=O)NCCc2nc3ccccc3s2)cc1. The molecule has 3 N–H and O–H groups in total. The number of fused-ring (bicyclic) bond motifs is 1. The van der Waals surface area contributed by atoms with Gasteiger partial charge in [0.15, 0.2) is 0 Å². The molecule has 2 aromatic carbocycles. The van der Waals surface area contributed by atoms with Gasteiger partial charge in [-0.25, -0.2) is 18.5 Å². The quantitative estimate of drug-likeness (QED) is 0.725. The van der Waals surface area contributed by atoms with E-state index in [4.69, 9.17) is 5.14 Å². The van der Waals surface area contributed by atoms with Gasteiger partial charge in [0.05, 0.1) is 20.1 Å². The van der Waals surface area contributed by atoms with Crippen LogP contribution in [0.3, 0.4) is 0 Å². The molecular weight excluding hydrogens is 346 g/mol. The first kappa shape index (κ1) is 16.6. The Morgan fingerprint density at radius 1 is 1.12 bits per heavy atom. The summed E-state index contributed by atoms with van der Waals surface area (Å²) in [7, 11) is -3.75. The first-order valence-electron chi connectivity index (χ1n) is 7.19. The molecule has 0 saturated carbocycles. The molecule has 1 aromatic heterocycles. The molecule has 0 aliphatic carbocycles. The van der Waals surface area contributed by atoms with Gasteiger partial charge in [-0.15, -0.1) is 11.3 Å². The normalized spacial score (nSPS) is 11.5. The number of amides is 1. The molecule has 1 amide bonds. The summed E-state index contributed by atoms with van der Waals surface area (Å²) in [5.74, 6) is -0.267. The minimum absolute atomic E-state index is 0.0199. The number of nitrogens with two attached hydrogens (primary N) is 1. The maximum absolute atomic E-state index is 12.1. The highest BCUT2D eigenvalue weighted by molar-refractivity contribution is 7.89. The third-order valence-corrected chi connectivity index (χ3v) is 5.43. The standard InChI is InChI=1S/C16H15N3O3S2/c17-24(21,22)12-7-5-11(6-8-12)16(20)18-10-9-15-19-13-3-1-2-4-14(13)23-15/h1-8H,9-10H2,(H,18,20)(H2,17,21,22). The number of para-hydroxylation sites is 1. The molecule has 0 saturated heterocycles. The van der Waals surface area contributed by atoms with E-state index in [1.54, 1.807) is 11.3 Å². The van der Waals surface area contributed by atoms with Crippen LogP contribution in [0.1, 0.15) is 15.4 Å².